The minimum absolute atomic E-state index is 0.473. The average molecular weight is 154 g/mol. The number of hydrogen-bond donors (Lipinski definition) is 0. The minimum atomic E-state index is 0.473. The highest BCUT2D eigenvalue weighted by atomic mass is 16.7. The molecular weight excluding hydrogens is 140 g/mol. The molecule has 0 bridgehead atoms. The molecule has 0 aliphatic heterocycles. The van der Waals surface area contributed by atoms with Crippen molar-refractivity contribution in [2.45, 2.75) is 20.3 Å². The van der Waals surface area contributed by atoms with Crippen LogP contribution in [-0.2, 0) is 9.47 Å². The van der Waals surface area contributed by atoms with Crippen LogP contribution in [0, 0.1) is 0 Å². The molecule has 0 aromatic rings. The van der Waals surface area contributed by atoms with E-state index in [1.807, 2.05) is 19.9 Å². The molecular formula is C9H14O2. The van der Waals surface area contributed by atoms with Crippen LogP contribution in [0.25, 0.3) is 0 Å². The predicted molar refractivity (Wildman–Crippen MR) is 45.6 cm³/mol. The Labute approximate surface area is 67.8 Å². The maximum Gasteiger partial charge on any atom is 0.284 e. The molecule has 0 atom stereocenters. The molecule has 0 aromatic carbocycles. The second-order valence-electron chi connectivity index (χ2n) is 1.80. The van der Waals surface area contributed by atoms with E-state index in [4.69, 9.17) is 9.47 Å². The number of rotatable bonds is 5. The summed E-state index contributed by atoms with van der Waals surface area (Å²) in [5.41, 5.74) is 0. The summed E-state index contributed by atoms with van der Waals surface area (Å²) in [6, 6.07) is 0. The number of hydrogen-bond acceptors (Lipinski definition) is 2. The van der Waals surface area contributed by atoms with E-state index < -0.39 is 0 Å². The fraction of sp³-hybridized carbons (Fsp3) is 0.333. The smallest absolute Gasteiger partial charge is 0.284 e. The fourth-order valence-corrected chi connectivity index (χ4v) is 0.508. The van der Waals surface area contributed by atoms with Crippen molar-refractivity contribution in [1.29, 1.82) is 0 Å². The summed E-state index contributed by atoms with van der Waals surface area (Å²) in [5.74, 6) is 0.473. The third-order valence-corrected chi connectivity index (χ3v) is 0.891. The van der Waals surface area contributed by atoms with Gasteiger partial charge in [-0.3, -0.25) is 0 Å². The highest BCUT2D eigenvalue weighted by molar-refractivity contribution is 4.87. The second kappa shape index (κ2) is 6.93. The lowest BCUT2D eigenvalue weighted by Gasteiger charge is -2.02. The predicted octanol–water partition coefficient (Wildman–Crippen LogP) is 2.95. The van der Waals surface area contributed by atoms with Crippen LogP contribution in [0.3, 0.4) is 0 Å². The van der Waals surface area contributed by atoms with Crippen LogP contribution in [0.5, 0.6) is 0 Å². The van der Waals surface area contributed by atoms with Crippen LogP contribution >= 0.6 is 0 Å². The van der Waals surface area contributed by atoms with Crippen molar-refractivity contribution >= 4 is 0 Å². The zero-order valence-corrected chi connectivity index (χ0v) is 7.04. The first-order valence-corrected chi connectivity index (χ1v) is 3.60. The first-order valence-electron chi connectivity index (χ1n) is 3.60. The Morgan fingerprint density at radius 1 is 1.45 bits per heavy atom. The van der Waals surface area contributed by atoms with Crippen molar-refractivity contribution in [3.8, 4) is 0 Å². The van der Waals surface area contributed by atoms with E-state index in [1.54, 1.807) is 12.3 Å². The van der Waals surface area contributed by atoms with E-state index in [0.29, 0.717) is 5.95 Å². The third-order valence-electron chi connectivity index (χ3n) is 0.891. The van der Waals surface area contributed by atoms with Gasteiger partial charge in [-0.2, -0.15) is 0 Å². The summed E-state index contributed by atoms with van der Waals surface area (Å²) in [5, 5.41) is 0. The van der Waals surface area contributed by atoms with E-state index >= 15 is 0 Å². The van der Waals surface area contributed by atoms with Gasteiger partial charge in [0.1, 0.15) is 0 Å². The van der Waals surface area contributed by atoms with Crippen LogP contribution in [0.15, 0.2) is 37.2 Å². The van der Waals surface area contributed by atoms with Gasteiger partial charge in [0.15, 0.2) is 0 Å². The minimum Gasteiger partial charge on any atom is -0.435 e. The van der Waals surface area contributed by atoms with Crippen molar-refractivity contribution in [1.82, 2.24) is 0 Å². The Morgan fingerprint density at radius 3 is 2.64 bits per heavy atom. The Balaban J connectivity index is 3.88. The molecule has 0 saturated carbocycles. The lowest BCUT2D eigenvalue weighted by atomic mass is 10.5. The Bertz CT molecular complexity index is 157. The summed E-state index contributed by atoms with van der Waals surface area (Å²) in [6.45, 7) is 7.30. The van der Waals surface area contributed by atoms with E-state index in [1.165, 1.54) is 6.26 Å². The maximum absolute atomic E-state index is 5.06. The van der Waals surface area contributed by atoms with E-state index in [9.17, 15) is 0 Å². The first kappa shape index (κ1) is 9.82. The zero-order valence-electron chi connectivity index (χ0n) is 7.04. The fourth-order valence-electron chi connectivity index (χ4n) is 0.508. The van der Waals surface area contributed by atoms with Gasteiger partial charge in [-0.05, 0) is 19.4 Å². The Kier molecular flexibility index (Phi) is 6.19. The van der Waals surface area contributed by atoms with Crippen molar-refractivity contribution in [3.05, 3.63) is 37.2 Å². The highest BCUT2D eigenvalue weighted by Crippen LogP contribution is 2.02. The van der Waals surface area contributed by atoms with Crippen LogP contribution in [0.2, 0.25) is 0 Å². The van der Waals surface area contributed by atoms with Gasteiger partial charge in [0, 0.05) is 0 Å². The molecule has 0 amide bonds. The van der Waals surface area contributed by atoms with E-state index in [0.717, 1.165) is 6.42 Å². The molecule has 0 heterocycles. The topological polar surface area (TPSA) is 18.5 Å². The summed E-state index contributed by atoms with van der Waals surface area (Å²) in [4.78, 5) is 0. The standard InChI is InChI=1S/C9H14O2/c1-4-7-9(10-6-3)11-8-5-2/h5-8H,3-4H2,1-2H3. The summed E-state index contributed by atoms with van der Waals surface area (Å²) in [6.07, 6.45) is 7.40. The van der Waals surface area contributed by atoms with Gasteiger partial charge in [0.2, 0.25) is 0 Å². The molecule has 0 saturated heterocycles. The lowest BCUT2D eigenvalue weighted by molar-refractivity contribution is 0.147. The Morgan fingerprint density at radius 2 is 2.18 bits per heavy atom. The quantitative estimate of drug-likeness (QED) is 0.567. The molecule has 0 fully saturated rings. The molecule has 2 heteroatoms. The highest BCUT2D eigenvalue weighted by Gasteiger charge is 1.90. The van der Waals surface area contributed by atoms with Crippen LogP contribution in [-0.4, -0.2) is 0 Å². The van der Waals surface area contributed by atoms with Gasteiger partial charge in [0.25, 0.3) is 5.95 Å². The zero-order chi connectivity index (χ0) is 8.53. The number of allylic oxidation sites excluding steroid dienone is 2. The molecule has 62 valence electrons. The molecule has 0 radical (unpaired) electrons. The third kappa shape index (κ3) is 5.27. The molecule has 0 spiro atoms. The van der Waals surface area contributed by atoms with Crippen molar-refractivity contribution in [2.75, 3.05) is 0 Å². The van der Waals surface area contributed by atoms with Gasteiger partial charge in [-0.25, -0.2) is 0 Å². The van der Waals surface area contributed by atoms with Crippen LogP contribution < -0.4 is 0 Å². The summed E-state index contributed by atoms with van der Waals surface area (Å²) in [7, 11) is 0. The molecule has 0 aliphatic rings. The summed E-state index contributed by atoms with van der Waals surface area (Å²) >= 11 is 0. The molecule has 2 nitrogen and oxygen atoms in total. The van der Waals surface area contributed by atoms with Gasteiger partial charge in [-0.1, -0.05) is 19.6 Å². The SMILES string of the molecule is C=COC(=CCC)OC=CC. The molecule has 0 N–H and O–H groups in total. The lowest BCUT2D eigenvalue weighted by Crippen LogP contribution is -1.86. The Hall–Kier alpha value is -1.18. The normalized spacial score (nSPS) is 11.6. The van der Waals surface area contributed by atoms with Gasteiger partial charge < -0.3 is 9.47 Å². The average Bonchev–Trinajstić information content (AvgIpc) is 2.01. The van der Waals surface area contributed by atoms with E-state index in [-0.39, 0.29) is 0 Å². The second-order valence-corrected chi connectivity index (χ2v) is 1.80. The summed E-state index contributed by atoms with van der Waals surface area (Å²) < 4.78 is 10.00. The number of ether oxygens (including phenoxy) is 2. The van der Waals surface area contributed by atoms with Gasteiger partial charge in [-0.15, -0.1) is 0 Å². The monoisotopic (exact) mass is 154 g/mol. The van der Waals surface area contributed by atoms with Crippen molar-refractivity contribution < 1.29 is 9.47 Å². The van der Waals surface area contributed by atoms with Crippen LogP contribution in [0.4, 0.5) is 0 Å². The van der Waals surface area contributed by atoms with Crippen molar-refractivity contribution in [3.63, 3.8) is 0 Å². The molecule has 0 unspecified atom stereocenters. The van der Waals surface area contributed by atoms with Crippen LogP contribution in [0.1, 0.15) is 20.3 Å². The van der Waals surface area contributed by atoms with Gasteiger partial charge >= 0.3 is 0 Å². The molecule has 0 rings (SSSR count). The molecule has 0 aliphatic carbocycles. The first-order chi connectivity index (χ1) is 5.35. The molecule has 11 heavy (non-hydrogen) atoms. The molecule has 0 aromatic heterocycles. The maximum atomic E-state index is 5.06. The van der Waals surface area contributed by atoms with E-state index in [2.05, 4.69) is 6.58 Å². The largest absolute Gasteiger partial charge is 0.435 e. The van der Waals surface area contributed by atoms with Gasteiger partial charge in [0.05, 0.1) is 12.5 Å². The van der Waals surface area contributed by atoms with Crippen molar-refractivity contribution in [2.24, 2.45) is 0 Å².